The van der Waals surface area contributed by atoms with E-state index >= 15 is 0 Å². The third kappa shape index (κ3) is 3.48. The number of hydrogen-bond donors (Lipinski definition) is 1. The summed E-state index contributed by atoms with van der Waals surface area (Å²) in [5.74, 6) is -0.165. The zero-order chi connectivity index (χ0) is 21.4. The summed E-state index contributed by atoms with van der Waals surface area (Å²) in [6.45, 7) is 7.36. The van der Waals surface area contributed by atoms with E-state index in [0.29, 0.717) is 29.6 Å². The van der Waals surface area contributed by atoms with E-state index in [9.17, 15) is 4.79 Å². The number of benzene rings is 2. The fourth-order valence-corrected chi connectivity index (χ4v) is 4.22. The van der Waals surface area contributed by atoms with Crippen molar-refractivity contribution in [3.8, 4) is 0 Å². The molecule has 0 fully saturated rings. The molecule has 2 aromatic carbocycles. The molecule has 0 aliphatic heterocycles. The van der Waals surface area contributed by atoms with Gasteiger partial charge in [-0.2, -0.15) is 0 Å². The van der Waals surface area contributed by atoms with Crippen LogP contribution in [0.1, 0.15) is 35.9 Å². The van der Waals surface area contributed by atoms with Crippen molar-refractivity contribution in [3.63, 3.8) is 0 Å². The number of carbonyl (C=O) groups excluding carboxylic acids is 1. The first kappa shape index (κ1) is 20.5. The number of aryl methyl sites for hydroxylation is 1. The molecule has 0 saturated heterocycles. The average Bonchev–Trinajstić information content (AvgIpc) is 3.23. The van der Waals surface area contributed by atoms with Gasteiger partial charge in [0.2, 0.25) is 0 Å². The predicted molar refractivity (Wildman–Crippen MR) is 124 cm³/mol. The molecule has 4 rings (SSSR count). The molecule has 6 heteroatoms. The van der Waals surface area contributed by atoms with E-state index in [4.69, 9.17) is 16.3 Å². The van der Waals surface area contributed by atoms with Gasteiger partial charge in [-0.15, -0.1) is 0 Å². The molecule has 0 atom stereocenters. The number of halogens is 1. The highest BCUT2D eigenvalue weighted by Crippen LogP contribution is 2.34. The lowest BCUT2D eigenvalue weighted by molar-refractivity contribution is 0.101. The SMILES string of the molecule is COCCn1c(C(=O)Nc2ccc(C)c(Cl)c2)cc2c1c1ccccc1n2C(C)C. The summed E-state index contributed by atoms with van der Waals surface area (Å²) < 4.78 is 9.68. The van der Waals surface area contributed by atoms with E-state index < -0.39 is 0 Å². The van der Waals surface area contributed by atoms with Gasteiger partial charge in [-0.1, -0.05) is 35.9 Å². The van der Waals surface area contributed by atoms with Crippen LogP contribution >= 0.6 is 11.6 Å². The second kappa shape index (κ2) is 8.17. The fourth-order valence-electron chi connectivity index (χ4n) is 4.04. The number of methoxy groups -OCH3 is 1. The van der Waals surface area contributed by atoms with Crippen LogP contribution in [-0.2, 0) is 11.3 Å². The van der Waals surface area contributed by atoms with Crippen molar-refractivity contribution in [3.05, 3.63) is 64.8 Å². The Kier molecular flexibility index (Phi) is 5.58. The standard InChI is InChI=1S/C24H26ClN3O2/c1-15(2)28-20-8-6-5-7-18(20)23-21(28)14-22(27(23)11-12-30-4)24(29)26-17-10-9-16(3)19(25)13-17/h5-10,13-15H,11-12H2,1-4H3,(H,26,29). The minimum absolute atomic E-state index is 0.165. The van der Waals surface area contributed by atoms with Crippen molar-refractivity contribution >= 4 is 45.1 Å². The molecule has 0 aliphatic carbocycles. The number of ether oxygens (including phenoxy) is 1. The zero-order valence-corrected chi connectivity index (χ0v) is 18.5. The molecule has 2 heterocycles. The van der Waals surface area contributed by atoms with Crippen molar-refractivity contribution in [1.82, 2.24) is 9.13 Å². The van der Waals surface area contributed by atoms with E-state index in [0.717, 1.165) is 22.0 Å². The summed E-state index contributed by atoms with van der Waals surface area (Å²) >= 11 is 6.23. The van der Waals surface area contributed by atoms with Gasteiger partial charge >= 0.3 is 0 Å². The molecular formula is C24H26ClN3O2. The van der Waals surface area contributed by atoms with Crippen LogP contribution in [-0.4, -0.2) is 28.8 Å². The maximum Gasteiger partial charge on any atom is 0.272 e. The quantitative estimate of drug-likeness (QED) is 0.411. The summed E-state index contributed by atoms with van der Waals surface area (Å²) in [5.41, 5.74) is 5.53. The second-order valence-corrected chi connectivity index (χ2v) is 8.21. The van der Waals surface area contributed by atoms with Crippen LogP contribution in [0.5, 0.6) is 0 Å². The minimum Gasteiger partial charge on any atom is -0.383 e. The van der Waals surface area contributed by atoms with E-state index in [-0.39, 0.29) is 11.9 Å². The molecule has 2 aromatic heterocycles. The van der Waals surface area contributed by atoms with Crippen LogP contribution < -0.4 is 5.32 Å². The minimum atomic E-state index is -0.165. The first-order chi connectivity index (χ1) is 14.4. The number of para-hydroxylation sites is 1. The number of nitrogens with zero attached hydrogens (tertiary/aromatic N) is 2. The van der Waals surface area contributed by atoms with E-state index in [1.165, 1.54) is 5.52 Å². The van der Waals surface area contributed by atoms with Crippen LogP contribution in [0.25, 0.3) is 21.9 Å². The normalized spacial score (nSPS) is 11.7. The lowest BCUT2D eigenvalue weighted by Crippen LogP contribution is -2.18. The van der Waals surface area contributed by atoms with Gasteiger partial charge in [0.1, 0.15) is 5.69 Å². The number of nitrogens with one attached hydrogen (secondary N) is 1. The summed E-state index contributed by atoms with van der Waals surface area (Å²) in [6, 6.07) is 16.1. The number of fused-ring (bicyclic) bond motifs is 3. The van der Waals surface area contributed by atoms with Gasteiger partial charge < -0.3 is 19.2 Å². The van der Waals surface area contributed by atoms with Gasteiger partial charge in [0, 0.05) is 35.8 Å². The predicted octanol–water partition coefficient (Wildman–Crippen LogP) is 6.04. The molecule has 30 heavy (non-hydrogen) atoms. The number of carbonyl (C=O) groups is 1. The highest BCUT2D eigenvalue weighted by molar-refractivity contribution is 6.31. The van der Waals surface area contributed by atoms with Gasteiger partial charge in [0.25, 0.3) is 5.91 Å². The Labute approximate surface area is 181 Å². The summed E-state index contributed by atoms with van der Waals surface area (Å²) in [7, 11) is 1.67. The Morgan fingerprint density at radius 3 is 2.60 bits per heavy atom. The molecule has 0 unspecified atom stereocenters. The second-order valence-electron chi connectivity index (χ2n) is 7.81. The average molecular weight is 424 g/mol. The molecule has 4 aromatic rings. The number of anilines is 1. The van der Waals surface area contributed by atoms with Crippen LogP contribution in [0, 0.1) is 6.92 Å². The molecule has 1 N–H and O–H groups in total. The van der Waals surface area contributed by atoms with Crippen molar-refractivity contribution in [2.45, 2.75) is 33.4 Å². The molecule has 156 valence electrons. The number of amides is 1. The Hall–Kier alpha value is -2.76. The Morgan fingerprint density at radius 1 is 1.13 bits per heavy atom. The van der Waals surface area contributed by atoms with Crippen LogP contribution in [0.15, 0.2) is 48.5 Å². The summed E-state index contributed by atoms with van der Waals surface area (Å²) in [5, 5.41) is 4.76. The third-order valence-electron chi connectivity index (χ3n) is 5.45. The molecule has 0 radical (unpaired) electrons. The third-order valence-corrected chi connectivity index (χ3v) is 5.86. The largest absolute Gasteiger partial charge is 0.383 e. The van der Waals surface area contributed by atoms with Gasteiger partial charge in [0.15, 0.2) is 0 Å². The van der Waals surface area contributed by atoms with Crippen LogP contribution in [0.3, 0.4) is 0 Å². The molecule has 0 bridgehead atoms. The molecule has 0 spiro atoms. The van der Waals surface area contributed by atoms with Crippen molar-refractivity contribution < 1.29 is 9.53 Å². The van der Waals surface area contributed by atoms with Gasteiger partial charge in [-0.05, 0) is 50.6 Å². The smallest absolute Gasteiger partial charge is 0.272 e. The van der Waals surface area contributed by atoms with Crippen molar-refractivity contribution in [1.29, 1.82) is 0 Å². The maximum absolute atomic E-state index is 13.3. The zero-order valence-electron chi connectivity index (χ0n) is 17.7. The highest BCUT2D eigenvalue weighted by atomic mass is 35.5. The van der Waals surface area contributed by atoms with Crippen LogP contribution in [0.4, 0.5) is 5.69 Å². The van der Waals surface area contributed by atoms with Crippen molar-refractivity contribution in [2.75, 3.05) is 19.0 Å². The van der Waals surface area contributed by atoms with Gasteiger partial charge in [-0.25, -0.2) is 0 Å². The van der Waals surface area contributed by atoms with Gasteiger partial charge in [0.05, 0.1) is 23.2 Å². The van der Waals surface area contributed by atoms with E-state index in [2.05, 4.69) is 40.4 Å². The molecule has 0 aliphatic rings. The van der Waals surface area contributed by atoms with E-state index in [1.807, 2.05) is 37.3 Å². The number of aromatic nitrogens is 2. The van der Waals surface area contributed by atoms with Crippen molar-refractivity contribution in [2.24, 2.45) is 0 Å². The molecule has 0 saturated carbocycles. The lowest BCUT2D eigenvalue weighted by Gasteiger charge is -2.12. The summed E-state index contributed by atoms with van der Waals surface area (Å²) in [6.07, 6.45) is 0. The molecule has 1 amide bonds. The van der Waals surface area contributed by atoms with E-state index in [1.54, 1.807) is 13.2 Å². The maximum atomic E-state index is 13.3. The first-order valence-corrected chi connectivity index (χ1v) is 10.5. The Balaban J connectivity index is 1.87. The van der Waals surface area contributed by atoms with Crippen LogP contribution in [0.2, 0.25) is 5.02 Å². The monoisotopic (exact) mass is 423 g/mol. The fraction of sp³-hybridized carbons (Fsp3) is 0.292. The molecular weight excluding hydrogens is 398 g/mol. The van der Waals surface area contributed by atoms with Gasteiger partial charge in [-0.3, -0.25) is 4.79 Å². The highest BCUT2D eigenvalue weighted by Gasteiger charge is 2.22. The summed E-state index contributed by atoms with van der Waals surface area (Å²) in [4.78, 5) is 13.3. The number of rotatable bonds is 6. The first-order valence-electron chi connectivity index (χ1n) is 10.1. The Bertz CT molecular complexity index is 1240. The molecule has 5 nitrogen and oxygen atoms in total. The number of hydrogen-bond acceptors (Lipinski definition) is 2. The topological polar surface area (TPSA) is 48.2 Å². The lowest BCUT2D eigenvalue weighted by atomic mass is 10.2. The Morgan fingerprint density at radius 2 is 1.90 bits per heavy atom.